The van der Waals surface area contributed by atoms with Crippen LogP contribution < -0.4 is 10.2 Å². The summed E-state index contributed by atoms with van der Waals surface area (Å²) in [5.74, 6) is 8.65. The summed E-state index contributed by atoms with van der Waals surface area (Å²) >= 11 is 0. The maximum Gasteiger partial charge on any atom is 2.00 e. The molecule has 2 aliphatic rings. The van der Waals surface area contributed by atoms with Crippen LogP contribution in [0.4, 0.5) is 0 Å². The molecule has 0 amide bonds. The minimum Gasteiger partial charge on any atom is -0.857 e. The van der Waals surface area contributed by atoms with E-state index in [1.165, 1.54) is 35.5 Å². The quantitative estimate of drug-likeness (QED) is 0.266. The number of rotatable bonds is 4. The number of methoxy groups -OCH3 is 2. The molecule has 2 fully saturated rings. The minimum absolute atomic E-state index is 0. The molecule has 0 aromatic carbocycles. The van der Waals surface area contributed by atoms with E-state index < -0.39 is 0 Å². The monoisotopic (exact) mass is 820 g/mol. The predicted octanol–water partition coefficient (Wildman–Crippen LogP) is 9.22. The van der Waals surface area contributed by atoms with Crippen LogP contribution in [0.15, 0.2) is 0 Å². The molecule has 0 aliphatic heterocycles. The summed E-state index contributed by atoms with van der Waals surface area (Å²) in [5.41, 5.74) is 1.07. The molecular formula is C40H72O4Ru2+2. The van der Waals surface area contributed by atoms with Crippen LogP contribution in [0.25, 0.3) is 0 Å². The van der Waals surface area contributed by atoms with Gasteiger partial charge in [0.05, 0.1) is 0 Å². The summed E-state index contributed by atoms with van der Waals surface area (Å²) in [7, 11) is 5.08. The van der Waals surface area contributed by atoms with Crippen molar-refractivity contribution in [1.29, 1.82) is 0 Å². The number of hydrogen-bond acceptors (Lipinski definition) is 4. The summed E-state index contributed by atoms with van der Waals surface area (Å²) in [4.78, 5) is 0. The van der Waals surface area contributed by atoms with E-state index in [1.54, 1.807) is 14.2 Å². The Hall–Kier alpha value is 1.09. The second kappa shape index (κ2) is 20.8. The Kier molecular flexibility index (Phi) is 24.4. The third-order valence-electron chi connectivity index (χ3n) is 7.27. The third kappa shape index (κ3) is 17.3. The van der Waals surface area contributed by atoms with Gasteiger partial charge >= 0.3 is 39.0 Å². The van der Waals surface area contributed by atoms with Gasteiger partial charge in [-0.3, -0.25) is 0 Å². The van der Waals surface area contributed by atoms with E-state index in [0.29, 0.717) is 0 Å². The van der Waals surface area contributed by atoms with Crippen molar-refractivity contribution in [3.63, 3.8) is 0 Å². The Labute approximate surface area is 316 Å². The van der Waals surface area contributed by atoms with Crippen LogP contribution >= 0.6 is 0 Å². The molecule has 2 saturated carbocycles. The van der Waals surface area contributed by atoms with Gasteiger partial charge in [0.1, 0.15) is 12.2 Å². The normalized spacial score (nSPS) is 19.3. The van der Waals surface area contributed by atoms with Crippen LogP contribution in [-0.4, -0.2) is 28.4 Å². The van der Waals surface area contributed by atoms with E-state index >= 15 is 0 Å². The van der Waals surface area contributed by atoms with E-state index in [1.807, 2.05) is 0 Å². The van der Waals surface area contributed by atoms with E-state index in [0.717, 1.165) is 39.3 Å². The Morgan fingerprint density at radius 3 is 0.783 bits per heavy atom. The molecule has 0 aromatic rings. The second-order valence-electron chi connectivity index (χ2n) is 18.4. The zero-order valence-electron chi connectivity index (χ0n) is 33.9. The number of ether oxygens (including phenoxy) is 2. The number of hydrogen-bond donors (Lipinski definition) is 0. The Bertz CT molecular complexity index is 706. The standard InChI is InChI=1S/2C19H33O.2CH3O.2Ru/c2*1-17(2,3)12-13-14(18(4,5)6)11-15(20-10)16(13)19(7,8)9;2*1-2;;/h2*11H,12H2,1-10H3;2*1H3;;/q;;2*-1;2*+2. The Balaban J connectivity index is -0.000000333. The van der Waals surface area contributed by atoms with Gasteiger partial charge in [0.15, 0.2) is 0 Å². The van der Waals surface area contributed by atoms with Crippen LogP contribution in [0.3, 0.4) is 0 Å². The van der Waals surface area contributed by atoms with Gasteiger partial charge in [-0.15, -0.1) is 0 Å². The van der Waals surface area contributed by atoms with Gasteiger partial charge < -0.3 is 19.7 Å². The van der Waals surface area contributed by atoms with Crippen LogP contribution in [0, 0.1) is 93.0 Å². The molecule has 270 valence electrons. The molecule has 0 heterocycles. The molecule has 0 unspecified atom stereocenters. The molecule has 0 saturated heterocycles. The smallest absolute Gasteiger partial charge is 0.857 e. The topological polar surface area (TPSA) is 64.6 Å². The molecule has 0 aromatic heterocycles. The second-order valence-corrected chi connectivity index (χ2v) is 18.4. The summed E-state index contributed by atoms with van der Waals surface area (Å²) in [6.07, 6.45) is 8.83. The van der Waals surface area contributed by atoms with Gasteiger partial charge in [0.2, 0.25) is 0 Å². The van der Waals surface area contributed by atoms with Crippen molar-refractivity contribution < 1.29 is 58.6 Å². The van der Waals surface area contributed by atoms with Crippen LogP contribution in [0.2, 0.25) is 0 Å². The molecule has 6 heteroatoms. The van der Waals surface area contributed by atoms with E-state index in [-0.39, 0.29) is 71.4 Å². The first-order valence-electron chi connectivity index (χ1n) is 16.1. The molecule has 0 atom stereocenters. The largest absolute Gasteiger partial charge is 2.00 e. The van der Waals surface area contributed by atoms with E-state index in [4.69, 9.17) is 19.7 Å². The average Bonchev–Trinajstić information content (AvgIpc) is 3.38. The summed E-state index contributed by atoms with van der Waals surface area (Å²) < 4.78 is 11.4. The minimum atomic E-state index is 0. The Morgan fingerprint density at radius 2 is 0.652 bits per heavy atom. The zero-order chi connectivity index (χ0) is 35.9. The average molecular weight is 819 g/mol. The van der Waals surface area contributed by atoms with Crippen molar-refractivity contribution in [2.45, 2.75) is 137 Å². The van der Waals surface area contributed by atoms with Crippen LogP contribution in [0.1, 0.15) is 137 Å². The molecule has 0 spiro atoms. The van der Waals surface area contributed by atoms with E-state index in [2.05, 4.69) is 137 Å². The zero-order valence-corrected chi connectivity index (χ0v) is 37.4. The molecule has 2 rings (SSSR count). The summed E-state index contributed by atoms with van der Waals surface area (Å²) in [5, 5.41) is 16.5. The van der Waals surface area contributed by atoms with Crippen molar-refractivity contribution >= 4 is 0 Å². The predicted molar refractivity (Wildman–Crippen MR) is 186 cm³/mol. The molecule has 4 nitrogen and oxygen atoms in total. The van der Waals surface area contributed by atoms with Gasteiger partial charge in [-0.05, 0) is 69.0 Å². The molecule has 46 heavy (non-hydrogen) atoms. The molecule has 0 N–H and O–H groups in total. The van der Waals surface area contributed by atoms with Crippen LogP contribution in [-0.2, 0) is 48.4 Å². The molecule has 0 bridgehead atoms. The SMILES string of the molecule is CO[C]1[CH][C](C(C)(C)C)[C](CC(C)(C)C)[C]1C(C)(C)C.CO[C]1[CH][C](C(C)(C)C)[C](CC(C)(C)C)[C]1C(C)(C)C.C[O-].C[O-].[Ru+2].[Ru+2]. The fourth-order valence-corrected chi connectivity index (χ4v) is 5.88. The first-order valence-corrected chi connectivity index (χ1v) is 16.1. The van der Waals surface area contributed by atoms with Gasteiger partial charge in [0.25, 0.3) is 0 Å². The molecular weight excluding hydrogens is 747 g/mol. The van der Waals surface area contributed by atoms with Crippen LogP contribution in [0.5, 0.6) is 0 Å². The van der Waals surface area contributed by atoms with Gasteiger partial charge in [-0.1, -0.05) is 125 Å². The van der Waals surface area contributed by atoms with Crippen molar-refractivity contribution in [2.24, 2.45) is 32.5 Å². The molecule has 10 radical (unpaired) electrons. The Morgan fingerprint density at radius 1 is 0.435 bits per heavy atom. The fraction of sp³-hybridized carbons (Fsp3) is 0.750. The van der Waals surface area contributed by atoms with Crippen molar-refractivity contribution in [3.8, 4) is 0 Å². The fourth-order valence-electron chi connectivity index (χ4n) is 5.88. The van der Waals surface area contributed by atoms with Gasteiger partial charge in [-0.2, -0.15) is 14.2 Å². The summed E-state index contributed by atoms with van der Waals surface area (Å²) in [6, 6.07) is 0. The first-order chi connectivity index (χ1) is 19.5. The van der Waals surface area contributed by atoms with Gasteiger partial charge in [0, 0.05) is 38.9 Å². The van der Waals surface area contributed by atoms with Crippen molar-refractivity contribution in [2.75, 3.05) is 28.4 Å². The van der Waals surface area contributed by atoms with E-state index in [9.17, 15) is 0 Å². The maximum atomic E-state index is 8.25. The van der Waals surface area contributed by atoms with Crippen molar-refractivity contribution in [1.82, 2.24) is 0 Å². The summed E-state index contributed by atoms with van der Waals surface area (Å²) in [6.45, 7) is 41.3. The maximum absolute atomic E-state index is 8.25. The first kappa shape index (κ1) is 53.9. The van der Waals surface area contributed by atoms with Crippen molar-refractivity contribution in [3.05, 3.63) is 60.6 Å². The molecule has 2 aliphatic carbocycles. The third-order valence-corrected chi connectivity index (χ3v) is 7.27. The van der Waals surface area contributed by atoms with Gasteiger partial charge in [-0.25, -0.2) is 0 Å².